The quantitative estimate of drug-likeness (QED) is 0.743. The number of aliphatic hydroxyl groups is 1. The summed E-state index contributed by atoms with van der Waals surface area (Å²) in [6, 6.07) is 0. The Bertz CT molecular complexity index is 376. The monoisotopic (exact) mass is 252 g/mol. The highest BCUT2D eigenvalue weighted by Crippen LogP contribution is 2.60. The molecule has 2 saturated carbocycles. The van der Waals surface area contributed by atoms with Gasteiger partial charge in [-0.15, -0.1) is 0 Å². The molecule has 102 valence electrons. The van der Waals surface area contributed by atoms with Gasteiger partial charge in [-0.25, -0.2) is 0 Å². The van der Waals surface area contributed by atoms with E-state index >= 15 is 0 Å². The summed E-state index contributed by atoms with van der Waals surface area (Å²) in [4.78, 5) is 11.7. The van der Waals surface area contributed by atoms with Crippen LogP contribution in [0.3, 0.4) is 0 Å². The van der Waals surface area contributed by atoms with Gasteiger partial charge < -0.3 is 10.2 Å². The zero-order chi connectivity index (χ0) is 13.6. The number of carbonyl (C=O) groups is 1. The third-order valence-corrected chi connectivity index (χ3v) is 5.69. The van der Waals surface area contributed by atoms with Crippen molar-refractivity contribution in [3.05, 3.63) is 12.2 Å². The van der Waals surface area contributed by atoms with Crippen LogP contribution in [0.2, 0.25) is 0 Å². The summed E-state index contributed by atoms with van der Waals surface area (Å²) in [6.45, 7) is 8.23. The van der Waals surface area contributed by atoms with Crippen molar-refractivity contribution in [1.82, 2.24) is 0 Å². The Labute approximate surface area is 109 Å². The molecule has 0 aromatic heterocycles. The molecule has 4 atom stereocenters. The van der Waals surface area contributed by atoms with Crippen molar-refractivity contribution in [2.45, 2.75) is 46.0 Å². The maximum atomic E-state index is 11.7. The van der Waals surface area contributed by atoms with Crippen molar-refractivity contribution >= 4 is 5.97 Å². The second-order valence-electron chi connectivity index (χ2n) is 6.57. The number of hydrogen-bond acceptors (Lipinski definition) is 2. The fourth-order valence-corrected chi connectivity index (χ4v) is 4.54. The highest BCUT2D eigenvalue weighted by atomic mass is 16.4. The largest absolute Gasteiger partial charge is 0.481 e. The van der Waals surface area contributed by atoms with E-state index in [-0.39, 0.29) is 23.9 Å². The molecule has 0 aliphatic heterocycles. The SMILES string of the molecule is C=C1CCC2C(C)(C(=O)O)CCCC2(C)C1CO. The molecule has 2 aliphatic rings. The lowest BCUT2D eigenvalue weighted by Crippen LogP contribution is -2.54. The van der Waals surface area contributed by atoms with E-state index in [0.717, 1.165) is 37.7 Å². The van der Waals surface area contributed by atoms with Crippen molar-refractivity contribution < 1.29 is 15.0 Å². The molecule has 0 saturated heterocycles. The van der Waals surface area contributed by atoms with E-state index in [1.807, 2.05) is 6.92 Å². The second kappa shape index (κ2) is 4.37. The molecule has 3 nitrogen and oxygen atoms in total. The highest BCUT2D eigenvalue weighted by molar-refractivity contribution is 5.75. The Balaban J connectivity index is 2.41. The molecule has 3 heteroatoms. The molecule has 18 heavy (non-hydrogen) atoms. The van der Waals surface area contributed by atoms with E-state index in [4.69, 9.17) is 0 Å². The van der Waals surface area contributed by atoms with Gasteiger partial charge in [0, 0.05) is 5.92 Å². The molecule has 0 amide bonds. The van der Waals surface area contributed by atoms with Gasteiger partial charge in [0.05, 0.1) is 12.0 Å². The molecule has 0 aromatic rings. The fraction of sp³-hybridized carbons (Fsp3) is 0.800. The van der Waals surface area contributed by atoms with Gasteiger partial charge in [-0.2, -0.15) is 0 Å². The maximum Gasteiger partial charge on any atom is 0.309 e. The predicted octanol–water partition coefficient (Wildman–Crippen LogP) is 2.84. The average Bonchev–Trinajstić information content (AvgIpc) is 2.28. The molecule has 2 N–H and O–H groups in total. The molecule has 2 rings (SSSR count). The van der Waals surface area contributed by atoms with E-state index in [0.29, 0.717) is 0 Å². The first-order chi connectivity index (χ1) is 8.36. The Morgan fingerprint density at radius 2 is 2.11 bits per heavy atom. The molecular weight excluding hydrogens is 228 g/mol. The van der Waals surface area contributed by atoms with E-state index in [1.165, 1.54) is 0 Å². The third-order valence-electron chi connectivity index (χ3n) is 5.69. The summed E-state index contributed by atoms with van der Waals surface area (Å²) in [5.41, 5.74) is 0.363. The van der Waals surface area contributed by atoms with Crippen LogP contribution in [0.25, 0.3) is 0 Å². The van der Waals surface area contributed by atoms with Crippen molar-refractivity contribution in [3.8, 4) is 0 Å². The Hall–Kier alpha value is -0.830. The summed E-state index contributed by atoms with van der Waals surface area (Å²) < 4.78 is 0. The fourth-order valence-electron chi connectivity index (χ4n) is 4.54. The first-order valence-electron chi connectivity index (χ1n) is 6.88. The summed E-state index contributed by atoms with van der Waals surface area (Å²) >= 11 is 0. The summed E-state index contributed by atoms with van der Waals surface area (Å²) in [5.74, 6) is -0.461. The minimum atomic E-state index is -0.678. The number of carboxylic acids is 1. The highest BCUT2D eigenvalue weighted by Gasteiger charge is 2.57. The van der Waals surface area contributed by atoms with Crippen LogP contribution in [0.5, 0.6) is 0 Å². The van der Waals surface area contributed by atoms with Gasteiger partial charge in [0.1, 0.15) is 0 Å². The number of hydrogen-bond donors (Lipinski definition) is 2. The van der Waals surface area contributed by atoms with Gasteiger partial charge >= 0.3 is 5.97 Å². The van der Waals surface area contributed by atoms with Crippen LogP contribution in [0.4, 0.5) is 0 Å². The van der Waals surface area contributed by atoms with Crippen molar-refractivity contribution in [3.63, 3.8) is 0 Å². The van der Waals surface area contributed by atoms with Gasteiger partial charge in [-0.1, -0.05) is 25.5 Å². The molecule has 0 heterocycles. The van der Waals surface area contributed by atoms with Crippen LogP contribution >= 0.6 is 0 Å². The molecule has 0 bridgehead atoms. The standard InChI is InChI=1S/C15H24O3/c1-10-5-6-12-14(2,11(10)9-16)7-4-8-15(12,3)13(17)18/h11-12,16H,1,4-9H2,2-3H3,(H,17,18). The first kappa shape index (κ1) is 13.6. The van der Waals surface area contributed by atoms with Crippen LogP contribution in [-0.2, 0) is 4.79 Å². The van der Waals surface area contributed by atoms with Crippen LogP contribution in [-0.4, -0.2) is 22.8 Å². The van der Waals surface area contributed by atoms with E-state index in [9.17, 15) is 15.0 Å². The van der Waals surface area contributed by atoms with Crippen LogP contribution in [0, 0.1) is 22.7 Å². The lowest BCUT2D eigenvalue weighted by atomic mass is 9.47. The van der Waals surface area contributed by atoms with Gasteiger partial charge in [-0.05, 0) is 43.9 Å². The smallest absolute Gasteiger partial charge is 0.309 e. The predicted molar refractivity (Wildman–Crippen MR) is 70.1 cm³/mol. The zero-order valence-corrected chi connectivity index (χ0v) is 11.4. The molecular formula is C15H24O3. The van der Waals surface area contributed by atoms with E-state index in [1.54, 1.807) is 0 Å². The van der Waals surface area contributed by atoms with Gasteiger partial charge in [0.15, 0.2) is 0 Å². The molecule has 0 spiro atoms. The topological polar surface area (TPSA) is 57.5 Å². The molecule has 0 radical (unpaired) electrons. The molecule has 2 fully saturated rings. The minimum absolute atomic E-state index is 0.0650. The number of aliphatic carboxylic acids is 1. The number of carboxylic acid groups (broad SMARTS) is 1. The van der Waals surface area contributed by atoms with E-state index < -0.39 is 11.4 Å². The van der Waals surface area contributed by atoms with Crippen molar-refractivity contribution in [2.75, 3.05) is 6.61 Å². The van der Waals surface area contributed by atoms with Gasteiger partial charge in [0.2, 0.25) is 0 Å². The molecule has 0 aromatic carbocycles. The maximum absolute atomic E-state index is 11.7. The van der Waals surface area contributed by atoms with Crippen LogP contribution < -0.4 is 0 Å². The summed E-state index contributed by atoms with van der Waals surface area (Å²) in [6.07, 6.45) is 4.45. The average molecular weight is 252 g/mol. The Kier molecular flexibility index (Phi) is 3.30. The summed E-state index contributed by atoms with van der Waals surface area (Å²) in [5, 5.41) is 19.3. The molecule has 4 unspecified atom stereocenters. The second-order valence-corrected chi connectivity index (χ2v) is 6.57. The lowest BCUT2D eigenvalue weighted by Gasteiger charge is -2.56. The van der Waals surface area contributed by atoms with Crippen LogP contribution in [0.1, 0.15) is 46.0 Å². The zero-order valence-electron chi connectivity index (χ0n) is 11.4. The van der Waals surface area contributed by atoms with Gasteiger partial charge in [0.25, 0.3) is 0 Å². The first-order valence-corrected chi connectivity index (χ1v) is 6.88. The molecule has 2 aliphatic carbocycles. The lowest BCUT2D eigenvalue weighted by molar-refractivity contribution is -0.165. The summed E-state index contributed by atoms with van der Waals surface area (Å²) in [7, 11) is 0. The Morgan fingerprint density at radius 1 is 1.44 bits per heavy atom. The van der Waals surface area contributed by atoms with Crippen molar-refractivity contribution in [2.24, 2.45) is 22.7 Å². The van der Waals surface area contributed by atoms with Crippen molar-refractivity contribution in [1.29, 1.82) is 0 Å². The number of aliphatic hydroxyl groups excluding tert-OH is 1. The third kappa shape index (κ3) is 1.71. The van der Waals surface area contributed by atoms with Crippen LogP contribution in [0.15, 0.2) is 12.2 Å². The normalized spacial score (nSPS) is 44.5. The number of rotatable bonds is 2. The Morgan fingerprint density at radius 3 is 2.67 bits per heavy atom. The van der Waals surface area contributed by atoms with E-state index in [2.05, 4.69) is 13.5 Å². The van der Waals surface area contributed by atoms with Gasteiger partial charge in [-0.3, -0.25) is 4.79 Å². The number of fused-ring (bicyclic) bond motifs is 1. The minimum Gasteiger partial charge on any atom is -0.481 e.